The van der Waals surface area contributed by atoms with E-state index in [0.29, 0.717) is 13.0 Å². The van der Waals surface area contributed by atoms with Crippen molar-refractivity contribution in [2.45, 2.75) is 18.9 Å². The minimum Gasteiger partial charge on any atom is -0.388 e. The Balaban J connectivity index is 2.36. The molecule has 1 rings (SSSR count). The number of hydrogen-bond acceptors (Lipinski definition) is 4. The molecule has 0 radical (unpaired) electrons. The van der Waals surface area contributed by atoms with Crippen LogP contribution in [0.25, 0.3) is 0 Å². The fourth-order valence-corrected chi connectivity index (χ4v) is 0.970. The molecule has 1 saturated heterocycles. The van der Waals surface area contributed by atoms with Crippen LogP contribution >= 0.6 is 0 Å². The Morgan fingerprint density at radius 1 is 1.58 bits per heavy atom. The standard InChI is InChI=1S/C8H10O4/c1-2-7(9)12-8(10)6-4-3-5-11-6/h2,6H,1,3-5H2. The van der Waals surface area contributed by atoms with Gasteiger partial charge in [-0.3, -0.25) is 0 Å². The Labute approximate surface area is 70.1 Å². The second kappa shape index (κ2) is 4.01. The molecule has 0 N–H and O–H groups in total. The van der Waals surface area contributed by atoms with Crippen molar-refractivity contribution in [1.82, 2.24) is 0 Å². The highest BCUT2D eigenvalue weighted by Crippen LogP contribution is 2.13. The molecule has 12 heavy (non-hydrogen) atoms. The lowest BCUT2D eigenvalue weighted by molar-refractivity contribution is -0.163. The Morgan fingerprint density at radius 3 is 2.83 bits per heavy atom. The van der Waals surface area contributed by atoms with Crippen LogP contribution in [0.2, 0.25) is 0 Å². The summed E-state index contributed by atoms with van der Waals surface area (Å²) in [6.07, 6.45) is 1.85. The molecule has 1 heterocycles. The van der Waals surface area contributed by atoms with Crippen molar-refractivity contribution >= 4 is 11.9 Å². The first-order valence-corrected chi connectivity index (χ1v) is 3.73. The third-order valence-electron chi connectivity index (χ3n) is 1.56. The van der Waals surface area contributed by atoms with E-state index in [1.54, 1.807) is 0 Å². The Kier molecular flexibility index (Phi) is 2.99. The van der Waals surface area contributed by atoms with Crippen molar-refractivity contribution in [2.75, 3.05) is 6.61 Å². The fraction of sp³-hybridized carbons (Fsp3) is 0.500. The molecule has 0 aromatic heterocycles. The van der Waals surface area contributed by atoms with Crippen LogP contribution in [0.3, 0.4) is 0 Å². The highest BCUT2D eigenvalue weighted by molar-refractivity contribution is 5.93. The first-order valence-electron chi connectivity index (χ1n) is 3.73. The Morgan fingerprint density at radius 2 is 2.33 bits per heavy atom. The normalized spacial score (nSPS) is 21.8. The van der Waals surface area contributed by atoms with E-state index >= 15 is 0 Å². The van der Waals surface area contributed by atoms with E-state index < -0.39 is 18.0 Å². The lowest BCUT2D eigenvalue weighted by Gasteiger charge is -2.05. The SMILES string of the molecule is C=CC(=O)OC(=O)C1CCCO1. The summed E-state index contributed by atoms with van der Waals surface area (Å²) in [4.78, 5) is 21.6. The maximum Gasteiger partial charge on any atom is 0.343 e. The maximum absolute atomic E-state index is 11.0. The number of carbonyl (C=O) groups excluding carboxylic acids is 2. The van der Waals surface area contributed by atoms with Gasteiger partial charge in [-0.25, -0.2) is 9.59 Å². The lowest BCUT2D eigenvalue weighted by atomic mass is 10.2. The average molecular weight is 170 g/mol. The number of hydrogen-bond donors (Lipinski definition) is 0. The van der Waals surface area contributed by atoms with Crippen molar-refractivity contribution in [3.05, 3.63) is 12.7 Å². The van der Waals surface area contributed by atoms with E-state index in [4.69, 9.17) is 4.74 Å². The van der Waals surface area contributed by atoms with Gasteiger partial charge >= 0.3 is 11.9 Å². The number of ether oxygens (including phenoxy) is 2. The van der Waals surface area contributed by atoms with Crippen molar-refractivity contribution in [2.24, 2.45) is 0 Å². The van der Waals surface area contributed by atoms with Gasteiger partial charge in [-0.15, -0.1) is 0 Å². The fourth-order valence-electron chi connectivity index (χ4n) is 0.970. The first-order chi connectivity index (χ1) is 5.74. The van der Waals surface area contributed by atoms with Gasteiger partial charge in [0.2, 0.25) is 0 Å². The van der Waals surface area contributed by atoms with Crippen LogP contribution in [0.1, 0.15) is 12.8 Å². The molecular formula is C8H10O4. The zero-order valence-electron chi connectivity index (χ0n) is 6.62. The predicted molar refractivity (Wildman–Crippen MR) is 40.3 cm³/mol. The van der Waals surface area contributed by atoms with Gasteiger partial charge in [-0.2, -0.15) is 0 Å². The minimum absolute atomic E-state index is 0.558. The summed E-state index contributed by atoms with van der Waals surface area (Å²) in [5, 5.41) is 0. The van der Waals surface area contributed by atoms with E-state index in [1.165, 1.54) is 0 Å². The molecular weight excluding hydrogens is 160 g/mol. The quantitative estimate of drug-likeness (QED) is 0.342. The Hall–Kier alpha value is -1.16. The summed E-state index contributed by atoms with van der Waals surface area (Å²) in [7, 11) is 0. The summed E-state index contributed by atoms with van der Waals surface area (Å²) < 4.78 is 9.36. The predicted octanol–water partition coefficient (Wildman–Crippen LogP) is 0.421. The molecule has 0 aromatic rings. The average Bonchev–Trinajstić information content (AvgIpc) is 2.56. The van der Waals surface area contributed by atoms with Crippen LogP contribution < -0.4 is 0 Å². The van der Waals surface area contributed by atoms with Crippen LogP contribution in [0.15, 0.2) is 12.7 Å². The third kappa shape index (κ3) is 2.17. The van der Waals surface area contributed by atoms with Crippen molar-refractivity contribution in [3.8, 4) is 0 Å². The second-order valence-corrected chi connectivity index (χ2v) is 2.45. The van der Waals surface area contributed by atoms with Gasteiger partial charge in [0, 0.05) is 12.7 Å². The zero-order chi connectivity index (χ0) is 8.97. The summed E-state index contributed by atoms with van der Waals surface area (Å²) >= 11 is 0. The van der Waals surface area contributed by atoms with Gasteiger partial charge in [0.25, 0.3) is 0 Å². The minimum atomic E-state index is -0.726. The highest BCUT2D eigenvalue weighted by atomic mass is 16.6. The topological polar surface area (TPSA) is 52.6 Å². The summed E-state index contributed by atoms with van der Waals surface area (Å²) in [5.41, 5.74) is 0. The molecule has 66 valence electrons. The molecule has 4 nitrogen and oxygen atoms in total. The van der Waals surface area contributed by atoms with Gasteiger partial charge in [-0.05, 0) is 12.8 Å². The number of esters is 2. The van der Waals surface area contributed by atoms with Gasteiger partial charge < -0.3 is 9.47 Å². The molecule has 0 saturated carbocycles. The molecule has 0 spiro atoms. The van der Waals surface area contributed by atoms with E-state index in [-0.39, 0.29) is 0 Å². The lowest BCUT2D eigenvalue weighted by Crippen LogP contribution is -2.24. The molecule has 0 aliphatic carbocycles. The second-order valence-electron chi connectivity index (χ2n) is 2.45. The summed E-state index contributed by atoms with van der Waals surface area (Å²) in [6.45, 7) is 3.73. The summed E-state index contributed by atoms with van der Waals surface area (Å²) in [5.74, 6) is -1.34. The molecule has 0 aromatic carbocycles. The van der Waals surface area contributed by atoms with E-state index in [9.17, 15) is 9.59 Å². The molecule has 1 unspecified atom stereocenters. The molecule has 4 heteroatoms. The smallest absolute Gasteiger partial charge is 0.343 e. The van der Waals surface area contributed by atoms with E-state index in [1.807, 2.05) is 0 Å². The maximum atomic E-state index is 11.0. The van der Waals surface area contributed by atoms with Gasteiger partial charge in [0.05, 0.1) is 0 Å². The molecule has 0 amide bonds. The van der Waals surface area contributed by atoms with Gasteiger partial charge in [-0.1, -0.05) is 6.58 Å². The van der Waals surface area contributed by atoms with Gasteiger partial charge in [0.15, 0.2) is 6.10 Å². The van der Waals surface area contributed by atoms with Gasteiger partial charge in [0.1, 0.15) is 0 Å². The summed E-state index contributed by atoms with van der Waals surface area (Å²) in [6, 6.07) is 0. The number of rotatable bonds is 2. The number of carbonyl (C=O) groups is 2. The van der Waals surface area contributed by atoms with E-state index in [0.717, 1.165) is 12.5 Å². The molecule has 1 fully saturated rings. The molecule has 0 bridgehead atoms. The van der Waals surface area contributed by atoms with Crippen LogP contribution in [0.5, 0.6) is 0 Å². The van der Waals surface area contributed by atoms with Crippen molar-refractivity contribution in [3.63, 3.8) is 0 Å². The molecule has 1 aliphatic heterocycles. The van der Waals surface area contributed by atoms with Crippen LogP contribution in [0, 0.1) is 0 Å². The monoisotopic (exact) mass is 170 g/mol. The first kappa shape index (κ1) is 8.93. The van der Waals surface area contributed by atoms with E-state index in [2.05, 4.69) is 11.3 Å². The zero-order valence-corrected chi connectivity index (χ0v) is 6.62. The van der Waals surface area contributed by atoms with Crippen molar-refractivity contribution in [1.29, 1.82) is 0 Å². The highest BCUT2D eigenvalue weighted by Gasteiger charge is 2.26. The van der Waals surface area contributed by atoms with Crippen LogP contribution in [-0.4, -0.2) is 24.6 Å². The Bertz CT molecular complexity index is 203. The molecule has 1 atom stereocenters. The van der Waals surface area contributed by atoms with Crippen molar-refractivity contribution < 1.29 is 19.1 Å². The molecule has 1 aliphatic rings. The van der Waals surface area contributed by atoms with Crippen LogP contribution in [0.4, 0.5) is 0 Å². The largest absolute Gasteiger partial charge is 0.388 e. The van der Waals surface area contributed by atoms with Crippen LogP contribution in [-0.2, 0) is 19.1 Å². The third-order valence-corrected chi connectivity index (χ3v) is 1.56.